The number of benzene rings is 2. The normalized spacial score (nSPS) is 16.5. The zero-order valence-corrected chi connectivity index (χ0v) is 16.9. The van der Waals surface area contributed by atoms with Crippen molar-refractivity contribution in [3.8, 4) is 0 Å². The van der Waals surface area contributed by atoms with E-state index in [0.717, 1.165) is 22.0 Å². The molecule has 1 heterocycles. The van der Waals surface area contributed by atoms with Gasteiger partial charge in [-0.05, 0) is 49.6 Å². The summed E-state index contributed by atoms with van der Waals surface area (Å²) >= 11 is 0. The van der Waals surface area contributed by atoms with Crippen LogP contribution in [-0.4, -0.2) is 45.3 Å². The Balaban J connectivity index is 1.79. The van der Waals surface area contributed by atoms with Crippen LogP contribution < -0.4 is 10.2 Å². The van der Waals surface area contributed by atoms with Crippen molar-refractivity contribution >= 4 is 27.3 Å². The molecule has 144 valence electrons. The Kier molecular flexibility index (Phi) is 5.26. The lowest BCUT2D eigenvalue weighted by atomic mass is 10.1. The van der Waals surface area contributed by atoms with Gasteiger partial charge in [0.2, 0.25) is 15.9 Å². The second-order valence-corrected chi connectivity index (χ2v) is 9.27. The van der Waals surface area contributed by atoms with Crippen molar-refractivity contribution in [3.63, 3.8) is 0 Å². The van der Waals surface area contributed by atoms with Gasteiger partial charge in [0.25, 0.3) is 0 Å². The summed E-state index contributed by atoms with van der Waals surface area (Å²) in [4.78, 5) is 14.9. The molecule has 3 rings (SSSR count). The van der Waals surface area contributed by atoms with E-state index in [1.54, 1.807) is 12.1 Å². The molecule has 0 fully saturated rings. The Hall–Kier alpha value is -2.38. The molecule has 1 amide bonds. The third-order valence-corrected chi connectivity index (χ3v) is 6.74. The molecule has 0 bridgehead atoms. The number of carbonyl (C=O) groups excluding carboxylic acids is 1. The summed E-state index contributed by atoms with van der Waals surface area (Å²) in [6, 6.07) is 13.1. The van der Waals surface area contributed by atoms with Crippen LogP contribution >= 0.6 is 0 Å². The molecule has 1 aliphatic rings. The fraction of sp³-hybridized carbons (Fsp3) is 0.350. The summed E-state index contributed by atoms with van der Waals surface area (Å²) < 4.78 is 25.8. The molecule has 0 radical (unpaired) electrons. The van der Waals surface area contributed by atoms with Crippen LogP contribution in [0.3, 0.4) is 0 Å². The van der Waals surface area contributed by atoms with Gasteiger partial charge in [-0.15, -0.1) is 0 Å². The first kappa shape index (κ1) is 19.4. The van der Waals surface area contributed by atoms with E-state index in [9.17, 15) is 13.2 Å². The number of hydrogen-bond donors (Lipinski definition) is 1. The number of hydrogen-bond acceptors (Lipinski definition) is 4. The summed E-state index contributed by atoms with van der Waals surface area (Å²) in [6.07, 6.45) is 0.916. The Morgan fingerprint density at radius 1 is 1.22 bits per heavy atom. The topological polar surface area (TPSA) is 69.7 Å². The van der Waals surface area contributed by atoms with Gasteiger partial charge in [0.05, 0.1) is 11.4 Å². The molecule has 0 saturated heterocycles. The SMILES string of the molecule is Cc1ccc(S(=O)(=O)N(C)C)cc1NC(=O)CN1c2ccccc2C[C@H]1C. The Morgan fingerprint density at radius 2 is 1.93 bits per heavy atom. The van der Waals surface area contributed by atoms with Crippen LogP contribution in [0.1, 0.15) is 18.1 Å². The van der Waals surface area contributed by atoms with E-state index in [1.165, 1.54) is 25.7 Å². The van der Waals surface area contributed by atoms with Crippen molar-refractivity contribution in [1.82, 2.24) is 4.31 Å². The van der Waals surface area contributed by atoms with Crippen molar-refractivity contribution < 1.29 is 13.2 Å². The van der Waals surface area contributed by atoms with E-state index in [2.05, 4.69) is 23.2 Å². The number of anilines is 2. The quantitative estimate of drug-likeness (QED) is 0.856. The molecule has 2 aromatic rings. The van der Waals surface area contributed by atoms with Crippen LogP contribution in [0, 0.1) is 6.92 Å². The minimum absolute atomic E-state index is 0.160. The lowest BCUT2D eigenvalue weighted by molar-refractivity contribution is -0.115. The Bertz CT molecular complexity index is 970. The number of rotatable bonds is 5. The third-order valence-electron chi connectivity index (χ3n) is 4.92. The van der Waals surface area contributed by atoms with Crippen LogP contribution in [0.25, 0.3) is 0 Å². The van der Waals surface area contributed by atoms with Crippen molar-refractivity contribution in [2.24, 2.45) is 0 Å². The molecular formula is C20H25N3O3S. The number of amides is 1. The Morgan fingerprint density at radius 3 is 2.63 bits per heavy atom. The molecule has 1 aliphatic heterocycles. The zero-order valence-electron chi connectivity index (χ0n) is 16.1. The fourth-order valence-electron chi connectivity index (χ4n) is 3.32. The molecule has 0 spiro atoms. The molecule has 0 aromatic heterocycles. The second kappa shape index (κ2) is 7.32. The standard InChI is InChI=1S/C20H25N3O3S/c1-14-9-10-17(27(25,26)22(3)4)12-18(14)21-20(24)13-23-15(2)11-16-7-5-6-8-19(16)23/h5-10,12,15H,11,13H2,1-4H3,(H,21,24)/t15-/m1/s1. The first-order valence-electron chi connectivity index (χ1n) is 8.87. The van der Waals surface area contributed by atoms with Gasteiger partial charge in [0.15, 0.2) is 0 Å². The van der Waals surface area contributed by atoms with Crippen LogP contribution in [0.2, 0.25) is 0 Å². The van der Waals surface area contributed by atoms with Crippen LogP contribution in [0.4, 0.5) is 11.4 Å². The summed E-state index contributed by atoms with van der Waals surface area (Å²) in [5.41, 5.74) is 3.66. The number of sulfonamides is 1. The molecule has 0 saturated carbocycles. The van der Waals surface area contributed by atoms with Crippen molar-refractivity contribution in [2.75, 3.05) is 30.9 Å². The van der Waals surface area contributed by atoms with Gasteiger partial charge in [0, 0.05) is 31.5 Å². The number of nitrogens with one attached hydrogen (secondary N) is 1. The van der Waals surface area contributed by atoms with Crippen molar-refractivity contribution in [1.29, 1.82) is 0 Å². The van der Waals surface area contributed by atoms with Crippen LogP contribution in [0.15, 0.2) is 47.4 Å². The predicted octanol–water partition coefficient (Wildman–Crippen LogP) is 2.64. The molecule has 1 atom stereocenters. The summed E-state index contributed by atoms with van der Waals surface area (Å²) in [7, 11) is -0.580. The average molecular weight is 388 g/mol. The van der Waals surface area contributed by atoms with Gasteiger partial charge in [-0.1, -0.05) is 24.3 Å². The summed E-state index contributed by atoms with van der Waals surface area (Å²) in [5, 5.41) is 2.88. The van der Waals surface area contributed by atoms with Gasteiger partial charge in [0.1, 0.15) is 0 Å². The van der Waals surface area contributed by atoms with E-state index >= 15 is 0 Å². The van der Waals surface area contributed by atoms with Gasteiger partial charge in [-0.2, -0.15) is 0 Å². The number of para-hydroxylation sites is 1. The summed E-state index contributed by atoms with van der Waals surface area (Å²) in [5.74, 6) is -0.166. The number of carbonyl (C=O) groups is 1. The fourth-order valence-corrected chi connectivity index (χ4v) is 4.25. The number of nitrogens with zero attached hydrogens (tertiary/aromatic N) is 2. The highest BCUT2D eigenvalue weighted by atomic mass is 32.2. The summed E-state index contributed by atoms with van der Waals surface area (Å²) in [6.45, 7) is 4.17. The minimum atomic E-state index is -3.55. The van der Waals surface area contributed by atoms with E-state index in [4.69, 9.17) is 0 Å². The molecule has 0 unspecified atom stereocenters. The van der Waals surface area contributed by atoms with Crippen molar-refractivity contribution in [2.45, 2.75) is 31.2 Å². The number of fused-ring (bicyclic) bond motifs is 1. The van der Waals surface area contributed by atoms with Gasteiger partial charge in [-0.25, -0.2) is 12.7 Å². The molecular weight excluding hydrogens is 362 g/mol. The maximum atomic E-state index is 12.7. The van der Waals surface area contributed by atoms with Gasteiger partial charge < -0.3 is 10.2 Å². The van der Waals surface area contributed by atoms with Crippen LogP contribution in [-0.2, 0) is 21.2 Å². The first-order chi connectivity index (χ1) is 12.7. The molecule has 27 heavy (non-hydrogen) atoms. The maximum absolute atomic E-state index is 12.7. The highest BCUT2D eigenvalue weighted by Crippen LogP contribution is 2.31. The third kappa shape index (κ3) is 3.84. The average Bonchev–Trinajstić information content (AvgIpc) is 2.92. The van der Waals surface area contributed by atoms with E-state index in [-0.39, 0.29) is 23.4 Å². The van der Waals surface area contributed by atoms with E-state index in [1.807, 2.05) is 25.1 Å². The maximum Gasteiger partial charge on any atom is 0.243 e. The minimum Gasteiger partial charge on any atom is -0.359 e. The van der Waals surface area contributed by atoms with Gasteiger partial charge >= 0.3 is 0 Å². The van der Waals surface area contributed by atoms with E-state index in [0.29, 0.717) is 5.69 Å². The monoisotopic (exact) mass is 387 g/mol. The first-order valence-corrected chi connectivity index (χ1v) is 10.3. The number of aryl methyl sites for hydroxylation is 1. The molecule has 7 heteroatoms. The molecule has 6 nitrogen and oxygen atoms in total. The Labute approximate surface area is 160 Å². The smallest absolute Gasteiger partial charge is 0.243 e. The predicted molar refractivity (Wildman–Crippen MR) is 108 cm³/mol. The second-order valence-electron chi connectivity index (χ2n) is 7.12. The highest BCUT2D eigenvalue weighted by Gasteiger charge is 2.27. The van der Waals surface area contributed by atoms with Crippen molar-refractivity contribution in [3.05, 3.63) is 53.6 Å². The zero-order chi connectivity index (χ0) is 19.8. The lowest BCUT2D eigenvalue weighted by Crippen LogP contribution is -2.37. The lowest BCUT2D eigenvalue weighted by Gasteiger charge is -2.24. The molecule has 1 N–H and O–H groups in total. The highest BCUT2D eigenvalue weighted by molar-refractivity contribution is 7.89. The van der Waals surface area contributed by atoms with Gasteiger partial charge in [-0.3, -0.25) is 4.79 Å². The molecule has 0 aliphatic carbocycles. The largest absolute Gasteiger partial charge is 0.359 e. The van der Waals surface area contributed by atoms with E-state index < -0.39 is 10.0 Å². The molecule has 2 aromatic carbocycles. The van der Waals surface area contributed by atoms with Crippen LogP contribution in [0.5, 0.6) is 0 Å².